The Morgan fingerprint density at radius 1 is 1.50 bits per heavy atom. The first-order valence-electron chi connectivity index (χ1n) is 5.84. The Morgan fingerprint density at radius 2 is 2.25 bits per heavy atom. The predicted octanol–water partition coefficient (Wildman–Crippen LogP) is 1.35. The van der Waals surface area contributed by atoms with Crippen molar-refractivity contribution in [3.63, 3.8) is 0 Å². The maximum Gasteiger partial charge on any atom is 0.122 e. The molecule has 1 saturated heterocycles. The Balaban J connectivity index is 1.87. The average molecular weight is 224 g/mol. The lowest BCUT2D eigenvalue weighted by Crippen LogP contribution is -2.36. The summed E-state index contributed by atoms with van der Waals surface area (Å²) >= 11 is 0. The molecule has 90 valence electrons. The summed E-state index contributed by atoms with van der Waals surface area (Å²) in [6, 6.07) is 1.96. The molecule has 16 heavy (non-hydrogen) atoms. The lowest BCUT2D eigenvalue weighted by molar-refractivity contribution is 0.0369. The molecule has 0 aliphatic carbocycles. The summed E-state index contributed by atoms with van der Waals surface area (Å²) < 4.78 is 10.8. The molecule has 4 heteroatoms. The number of piperidine rings is 1. The summed E-state index contributed by atoms with van der Waals surface area (Å²) in [5.74, 6) is 1.01. The summed E-state index contributed by atoms with van der Waals surface area (Å²) in [5, 5.41) is 0. The van der Waals surface area contributed by atoms with Crippen molar-refractivity contribution in [3.05, 3.63) is 23.7 Å². The Bertz CT molecular complexity index is 317. The predicted molar refractivity (Wildman–Crippen MR) is 61.9 cm³/mol. The number of nitrogens with zero attached hydrogens (tertiary/aromatic N) is 1. The summed E-state index contributed by atoms with van der Waals surface area (Å²) in [7, 11) is 1.79. The quantitative estimate of drug-likeness (QED) is 0.838. The number of methoxy groups -OCH3 is 1. The van der Waals surface area contributed by atoms with Crippen LogP contribution in [0.5, 0.6) is 0 Å². The molecule has 0 bridgehead atoms. The molecule has 0 atom stereocenters. The van der Waals surface area contributed by atoms with Crippen LogP contribution in [0.15, 0.2) is 16.7 Å². The molecule has 4 nitrogen and oxygen atoms in total. The monoisotopic (exact) mass is 224 g/mol. The topological polar surface area (TPSA) is 51.6 Å². The zero-order valence-electron chi connectivity index (χ0n) is 9.82. The summed E-state index contributed by atoms with van der Waals surface area (Å²) in [5.41, 5.74) is 6.76. The highest BCUT2D eigenvalue weighted by molar-refractivity contribution is 5.16. The van der Waals surface area contributed by atoms with Crippen LogP contribution in [0.25, 0.3) is 0 Å². The molecule has 1 aromatic rings. The molecule has 0 aromatic carbocycles. The molecule has 1 fully saturated rings. The SMILES string of the molecule is COC1CCN(Cc2occc2CN)CC1. The number of rotatable bonds is 4. The van der Waals surface area contributed by atoms with Gasteiger partial charge in [-0.1, -0.05) is 0 Å². The van der Waals surface area contributed by atoms with E-state index in [1.54, 1.807) is 13.4 Å². The van der Waals surface area contributed by atoms with Gasteiger partial charge in [0.15, 0.2) is 0 Å². The van der Waals surface area contributed by atoms with Gasteiger partial charge in [0, 0.05) is 32.3 Å². The van der Waals surface area contributed by atoms with E-state index in [4.69, 9.17) is 14.9 Å². The molecule has 0 spiro atoms. The van der Waals surface area contributed by atoms with Crippen molar-refractivity contribution in [2.24, 2.45) is 5.73 Å². The van der Waals surface area contributed by atoms with Crippen LogP contribution in [0, 0.1) is 0 Å². The van der Waals surface area contributed by atoms with E-state index in [1.807, 2.05) is 6.07 Å². The fourth-order valence-corrected chi connectivity index (χ4v) is 2.19. The van der Waals surface area contributed by atoms with E-state index in [9.17, 15) is 0 Å². The van der Waals surface area contributed by atoms with E-state index in [2.05, 4.69) is 4.90 Å². The van der Waals surface area contributed by atoms with Gasteiger partial charge in [-0.2, -0.15) is 0 Å². The molecule has 1 aromatic heterocycles. The van der Waals surface area contributed by atoms with E-state index in [0.717, 1.165) is 43.8 Å². The number of likely N-dealkylation sites (tertiary alicyclic amines) is 1. The molecule has 0 radical (unpaired) electrons. The second kappa shape index (κ2) is 5.48. The lowest BCUT2D eigenvalue weighted by atomic mass is 10.1. The molecule has 1 aliphatic rings. The van der Waals surface area contributed by atoms with Crippen LogP contribution < -0.4 is 5.73 Å². The average Bonchev–Trinajstić information content (AvgIpc) is 2.77. The van der Waals surface area contributed by atoms with Crippen LogP contribution in [-0.2, 0) is 17.8 Å². The first-order valence-corrected chi connectivity index (χ1v) is 5.84. The second-order valence-electron chi connectivity index (χ2n) is 4.28. The van der Waals surface area contributed by atoms with Gasteiger partial charge in [0.25, 0.3) is 0 Å². The minimum absolute atomic E-state index is 0.432. The van der Waals surface area contributed by atoms with E-state index in [0.29, 0.717) is 12.6 Å². The van der Waals surface area contributed by atoms with Gasteiger partial charge < -0.3 is 14.9 Å². The molecule has 2 heterocycles. The van der Waals surface area contributed by atoms with Gasteiger partial charge in [0.1, 0.15) is 5.76 Å². The third-order valence-electron chi connectivity index (χ3n) is 3.29. The third kappa shape index (κ3) is 2.64. The van der Waals surface area contributed by atoms with Crippen molar-refractivity contribution in [2.45, 2.75) is 32.0 Å². The van der Waals surface area contributed by atoms with Crippen molar-refractivity contribution in [1.82, 2.24) is 4.90 Å². The van der Waals surface area contributed by atoms with Crippen LogP contribution in [-0.4, -0.2) is 31.2 Å². The van der Waals surface area contributed by atoms with Crippen molar-refractivity contribution in [1.29, 1.82) is 0 Å². The van der Waals surface area contributed by atoms with E-state index < -0.39 is 0 Å². The normalized spacial score (nSPS) is 19.1. The Labute approximate surface area is 96.4 Å². The van der Waals surface area contributed by atoms with Crippen LogP contribution in [0.1, 0.15) is 24.2 Å². The third-order valence-corrected chi connectivity index (χ3v) is 3.29. The van der Waals surface area contributed by atoms with Crippen LogP contribution in [0.3, 0.4) is 0 Å². The highest BCUT2D eigenvalue weighted by Crippen LogP contribution is 2.18. The molecule has 0 amide bonds. The first-order chi connectivity index (χ1) is 7.83. The van der Waals surface area contributed by atoms with Crippen molar-refractivity contribution in [2.75, 3.05) is 20.2 Å². The van der Waals surface area contributed by atoms with Gasteiger partial charge in [-0.3, -0.25) is 4.90 Å². The molecular formula is C12H20N2O2. The molecule has 1 aliphatic heterocycles. The Kier molecular flexibility index (Phi) is 3.98. The highest BCUT2D eigenvalue weighted by atomic mass is 16.5. The maximum absolute atomic E-state index is 5.65. The summed E-state index contributed by atoms with van der Waals surface area (Å²) in [4.78, 5) is 2.40. The number of hydrogen-bond acceptors (Lipinski definition) is 4. The van der Waals surface area contributed by atoms with Gasteiger partial charge in [0.05, 0.1) is 18.9 Å². The highest BCUT2D eigenvalue weighted by Gasteiger charge is 2.20. The lowest BCUT2D eigenvalue weighted by Gasteiger charge is -2.30. The van der Waals surface area contributed by atoms with Crippen LogP contribution in [0.2, 0.25) is 0 Å². The second-order valence-corrected chi connectivity index (χ2v) is 4.28. The number of hydrogen-bond donors (Lipinski definition) is 1. The van der Waals surface area contributed by atoms with Gasteiger partial charge in [-0.15, -0.1) is 0 Å². The minimum Gasteiger partial charge on any atom is -0.468 e. The smallest absolute Gasteiger partial charge is 0.122 e. The zero-order valence-corrected chi connectivity index (χ0v) is 9.82. The number of nitrogens with two attached hydrogens (primary N) is 1. The largest absolute Gasteiger partial charge is 0.468 e. The van der Waals surface area contributed by atoms with Crippen molar-refractivity contribution in [3.8, 4) is 0 Å². The molecule has 2 N–H and O–H groups in total. The summed E-state index contributed by atoms with van der Waals surface area (Å²) in [6.45, 7) is 3.57. The van der Waals surface area contributed by atoms with Gasteiger partial charge in [0.2, 0.25) is 0 Å². The Morgan fingerprint density at radius 3 is 2.88 bits per heavy atom. The number of ether oxygens (including phenoxy) is 1. The van der Waals surface area contributed by atoms with E-state index in [1.165, 1.54) is 0 Å². The van der Waals surface area contributed by atoms with Gasteiger partial charge >= 0.3 is 0 Å². The van der Waals surface area contributed by atoms with E-state index >= 15 is 0 Å². The van der Waals surface area contributed by atoms with Crippen LogP contribution in [0.4, 0.5) is 0 Å². The van der Waals surface area contributed by atoms with Crippen molar-refractivity contribution >= 4 is 0 Å². The van der Waals surface area contributed by atoms with Gasteiger partial charge in [-0.25, -0.2) is 0 Å². The number of furan rings is 1. The summed E-state index contributed by atoms with van der Waals surface area (Å²) in [6.07, 6.45) is 4.37. The fourth-order valence-electron chi connectivity index (χ4n) is 2.19. The standard InChI is InChI=1S/C12H20N2O2/c1-15-11-2-5-14(6-3-11)9-12-10(8-13)4-7-16-12/h4,7,11H,2-3,5-6,8-9,13H2,1H3. The molecule has 0 saturated carbocycles. The van der Waals surface area contributed by atoms with E-state index in [-0.39, 0.29) is 0 Å². The first kappa shape index (κ1) is 11.6. The zero-order chi connectivity index (χ0) is 11.4. The van der Waals surface area contributed by atoms with Crippen LogP contribution >= 0.6 is 0 Å². The van der Waals surface area contributed by atoms with Crippen molar-refractivity contribution < 1.29 is 9.15 Å². The Hall–Kier alpha value is -0.840. The minimum atomic E-state index is 0.432. The molecule has 0 unspecified atom stereocenters. The van der Waals surface area contributed by atoms with Gasteiger partial charge in [-0.05, 0) is 18.9 Å². The fraction of sp³-hybridized carbons (Fsp3) is 0.667. The maximum atomic E-state index is 5.65. The molecule has 2 rings (SSSR count). The molecular weight excluding hydrogens is 204 g/mol.